The molecule has 0 fully saturated rings. The SMILES string of the molecule is CCc1nc2c(C(=O)NC(CC(=O)O)c3cccc([N+](=O)[O-])c3)cccn2c1NCC(=O)OC. The highest BCUT2D eigenvalue weighted by Gasteiger charge is 2.23. The first kappa shape index (κ1) is 24.2. The number of hydrogen-bond donors (Lipinski definition) is 3. The first-order valence-electron chi connectivity index (χ1n) is 10.3. The Morgan fingerprint density at radius 3 is 2.68 bits per heavy atom. The van der Waals surface area contributed by atoms with Crippen molar-refractivity contribution in [2.24, 2.45) is 0 Å². The monoisotopic (exact) mass is 469 g/mol. The van der Waals surface area contributed by atoms with E-state index in [0.29, 0.717) is 23.6 Å². The lowest BCUT2D eigenvalue weighted by Gasteiger charge is -2.17. The lowest BCUT2D eigenvalue weighted by Crippen LogP contribution is -2.30. The number of carboxylic acid groups (broad SMARTS) is 1. The number of pyridine rings is 1. The Morgan fingerprint density at radius 2 is 2.03 bits per heavy atom. The third-order valence-corrected chi connectivity index (χ3v) is 5.10. The molecule has 3 N–H and O–H groups in total. The summed E-state index contributed by atoms with van der Waals surface area (Å²) in [6.07, 6.45) is 1.71. The highest BCUT2D eigenvalue weighted by molar-refractivity contribution is 6.00. The molecule has 1 atom stereocenters. The van der Waals surface area contributed by atoms with Crippen LogP contribution >= 0.6 is 0 Å². The number of imidazole rings is 1. The second-order valence-electron chi connectivity index (χ2n) is 7.28. The molecule has 0 spiro atoms. The second kappa shape index (κ2) is 10.4. The largest absolute Gasteiger partial charge is 0.481 e. The van der Waals surface area contributed by atoms with E-state index >= 15 is 0 Å². The van der Waals surface area contributed by atoms with Crippen LogP contribution in [0.1, 0.15) is 41.0 Å². The van der Waals surface area contributed by atoms with Gasteiger partial charge in [-0.15, -0.1) is 0 Å². The molecule has 1 aromatic carbocycles. The summed E-state index contributed by atoms with van der Waals surface area (Å²) in [7, 11) is 1.27. The lowest BCUT2D eigenvalue weighted by atomic mass is 10.0. The van der Waals surface area contributed by atoms with Crippen LogP contribution in [0.2, 0.25) is 0 Å². The second-order valence-corrected chi connectivity index (χ2v) is 7.28. The maximum atomic E-state index is 13.2. The molecule has 0 aliphatic rings. The van der Waals surface area contributed by atoms with Gasteiger partial charge in [-0.3, -0.25) is 28.9 Å². The van der Waals surface area contributed by atoms with Gasteiger partial charge in [0.05, 0.1) is 35.8 Å². The molecule has 12 heteroatoms. The third kappa shape index (κ3) is 5.28. The smallest absolute Gasteiger partial charge is 0.325 e. The molecule has 2 aromatic heterocycles. The van der Waals surface area contributed by atoms with E-state index in [4.69, 9.17) is 0 Å². The van der Waals surface area contributed by atoms with Gasteiger partial charge < -0.3 is 20.5 Å². The van der Waals surface area contributed by atoms with Crippen LogP contribution in [-0.4, -0.2) is 50.9 Å². The van der Waals surface area contributed by atoms with E-state index in [1.807, 2.05) is 6.92 Å². The van der Waals surface area contributed by atoms with E-state index in [1.54, 1.807) is 16.7 Å². The molecule has 34 heavy (non-hydrogen) atoms. The average Bonchev–Trinajstić information content (AvgIpc) is 3.19. The third-order valence-electron chi connectivity index (χ3n) is 5.10. The summed E-state index contributed by atoms with van der Waals surface area (Å²) in [6.45, 7) is 1.78. The number of nitro groups is 1. The Kier molecular flexibility index (Phi) is 7.41. The minimum atomic E-state index is -1.18. The molecule has 0 saturated carbocycles. The molecule has 0 radical (unpaired) electrons. The van der Waals surface area contributed by atoms with Crippen molar-refractivity contribution in [1.29, 1.82) is 0 Å². The average molecular weight is 469 g/mol. The number of nitrogens with zero attached hydrogens (tertiary/aromatic N) is 3. The number of fused-ring (bicyclic) bond motifs is 1. The Balaban J connectivity index is 1.96. The molecule has 1 amide bonds. The highest BCUT2D eigenvalue weighted by Crippen LogP contribution is 2.25. The fourth-order valence-electron chi connectivity index (χ4n) is 3.47. The molecule has 0 saturated heterocycles. The van der Waals surface area contributed by atoms with Crippen molar-refractivity contribution in [3.63, 3.8) is 0 Å². The summed E-state index contributed by atoms with van der Waals surface area (Å²) in [6, 6.07) is 7.59. The number of amides is 1. The Labute approximate surface area is 193 Å². The van der Waals surface area contributed by atoms with Gasteiger partial charge in [-0.25, -0.2) is 4.98 Å². The van der Waals surface area contributed by atoms with E-state index in [9.17, 15) is 29.6 Å². The van der Waals surface area contributed by atoms with Gasteiger partial charge in [-0.2, -0.15) is 0 Å². The number of aromatic nitrogens is 2. The zero-order chi connectivity index (χ0) is 24.8. The van der Waals surface area contributed by atoms with Gasteiger partial charge in [-0.05, 0) is 24.1 Å². The van der Waals surface area contributed by atoms with Crippen molar-refractivity contribution in [2.75, 3.05) is 19.0 Å². The lowest BCUT2D eigenvalue weighted by molar-refractivity contribution is -0.384. The zero-order valence-electron chi connectivity index (χ0n) is 18.5. The number of ether oxygens (including phenoxy) is 1. The molecular weight excluding hydrogens is 446 g/mol. The minimum Gasteiger partial charge on any atom is -0.481 e. The van der Waals surface area contributed by atoms with Crippen LogP contribution in [0.25, 0.3) is 5.65 Å². The maximum Gasteiger partial charge on any atom is 0.325 e. The van der Waals surface area contributed by atoms with Gasteiger partial charge in [0.15, 0.2) is 5.65 Å². The van der Waals surface area contributed by atoms with Gasteiger partial charge >= 0.3 is 11.9 Å². The molecule has 178 valence electrons. The molecule has 1 unspecified atom stereocenters. The normalized spacial score (nSPS) is 11.6. The Morgan fingerprint density at radius 1 is 1.26 bits per heavy atom. The van der Waals surface area contributed by atoms with E-state index in [-0.39, 0.29) is 23.4 Å². The molecule has 3 rings (SSSR count). The van der Waals surface area contributed by atoms with Gasteiger partial charge in [0.1, 0.15) is 12.4 Å². The predicted molar refractivity (Wildman–Crippen MR) is 121 cm³/mol. The fourth-order valence-corrected chi connectivity index (χ4v) is 3.47. The van der Waals surface area contributed by atoms with Crippen molar-refractivity contribution in [1.82, 2.24) is 14.7 Å². The number of aryl methyl sites for hydroxylation is 1. The topological polar surface area (TPSA) is 165 Å². The summed E-state index contributed by atoms with van der Waals surface area (Å²) in [4.78, 5) is 51.2. The summed E-state index contributed by atoms with van der Waals surface area (Å²) >= 11 is 0. The van der Waals surface area contributed by atoms with E-state index in [2.05, 4.69) is 20.4 Å². The molecular formula is C22H23N5O7. The van der Waals surface area contributed by atoms with Crippen LogP contribution in [0.15, 0.2) is 42.6 Å². The first-order chi connectivity index (χ1) is 16.2. The van der Waals surface area contributed by atoms with E-state index in [1.165, 1.54) is 37.4 Å². The summed E-state index contributed by atoms with van der Waals surface area (Å²) < 4.78 is 6.27. The molecule has 2 heterocycles. The molecule has 0 aliphatic carbocycles. The predicted octanol–water partition coefficient (Wildman–Crippen LogP) is 2.34. The van der Waals surface area contributed by atoms with Crippen molar-refractivity contribution in [3.8, 4) is 0 Å². The number of nitrogens with one attached hydrogen (secondary N) is 2. The quantitative estimate of drug-likeness (QED) is 0.229. The van der Waals surface area contributed by atoms with Crippen molar-refractivity contribution < 1.29 is 29.2 Å². The number of carboxylic acids is 1. The van der Waals surface area contributed by atoms with Crippen LogP contribution in [0, 0.1) is 10.1 Å². The minimum absolute atomic E-state index is 0.0960. The number of aliphatic carboxylic acids is 1. The zero-order valence-corrected chi connectivity index (χ0v) is 18.5. The number of carbonyl (C=O) groups is 3. The summed E-state index contributed by atoms with van der Waals surface area (Å²) in [5, 5.41) is 26.1. The van der Waals surface area contributed by atoms with Crippen LogP contribution < -0.4 is 10.6 Å². The summed E-state index contributed by atoms with van der Waals surface area (Å²) in [5.74, 6) is -1.73. The number of carbonyl (C=O) groups excluding carboxylic acids is 2. The van der Waals surface area contributed by atoms with E-state index in [0.717, 1.165) is 0 Å². The van der Waals surface area contributed by atoms with Gasteiger partial charge in [0.25, 0.3) is 11.6 Å². The Bertz CT molecular complexity index is 1250. The van der Waals surface area contributed by atoms with E-state index < -0.39 is 35.2 Å². The molecule has 0 bridgehead atoms. The van der Waals surface area contributed by atoms with Crippen LogP contribution in [0.4, 0.5) is 11.5 Å². The standard InChI is InChI=1S/C22H23N5O7/c1-3-16-21(23-12-19(30)34-2)26-9-5-8-15(20(26)24-16)22(31)25-17(11-18(28)29)13-6-4-7-14(10-13)27(32)33/h4-10,17,23H,3,11-12H2,1-2H3,(H,25,31)(H,28,29). The van der Waals surface area contributed by atoms with Crippen molar-refractivity contribution in [3.05, 3.63) is 69.5 Å². The number of esters is 1. The van der Waals surface area contributed by atoms with Crippen LogP contribution in [0.5, 0.6) is 0 Å². The number of benzene rings is 1. The maximum absolute atomic E-state index is 13.2. The van der Waals surface area contributed by atoms with Gasteiger partial charge in [0.2, 0.25) is 0 Å². The number of rotatable bonds is 10. The van der Waals surface area contributed by atoms with Crippen LogP contribution in [0.3, 0.4) is 0 Å². The van der Waals surface area contributed by atoms with Gasteiger partial charge in [0, 0.05) is 18.3 Å². The molecule has 12 nitrogen and oxygen atoms in total. The number of nitro benzene ring substituents is 1. The highest BCUT2D eigenvalue weighted by atomic mass is 16.6. The Hall–Kier alpha value is -4.48. The number of non-ortho nitro benzene ring substituents is 1. The van der Waals surface area contributed by atoms with Crippen molar-refractivity contribution in [2.45, 2.75) is 25.8 Å². The van der Waals surface area contributed by atoms with Crippen LogP contribution in [-0.2, 0) is 20.7 Å². The number of anilines is 1. The fraction of sp³-hybridized carbons (Fsp3) is 0.273. The van der Waals surface area contributed by atoms with Crippen molar-refractivity contribution >= 4 is 35.0 Å². The first-order valence-corrected chi connectivity index (χ1v) is 10.3. The number of hydrogen-bond acceptors (Lipinski definition) is 8. The van der Waals surface area contributed by atoms with Gasteiger partial charge in [-0.1, -0.05) is 19.1 Å². The molecule has 3 aromatic rings. The number of methoxy groups -OCH3 is 1. The molecule has 0 aliphatic heterocycles. The summed E-state index contributed by atoms with van der Waals surface area (Å²) in [5.41, 5.74) is 1.16.